The standard InChI is InChI=1S/C25H32S2/c1-23(2,3)26-25(27-24(4,5)6,21-13-11-17-7-9-19(17)15-21)22-14-12-18-8-10-20(18)16-22/h11-16H,7-10H2,1-6H3. The zero-order valence-corrected chi connectivity index (χ0v) is 19.2. The highest BCUT2D eigenvalue weighted by Gasteiger charge is 2.43. The molecule has 2 aromatic carbocycles. The Balaban J connectivity index is 1.91. The molecule has 0 radical (unpaired) electrons. The highest BCUT2D eigenvalue weighted by atomic mass is 32.2. The minimum atomic E-state index is -0.0776. The second-order valence-electron chi connectivity index (χ2n) is 10.0. The SMILES string of the molecule is CC(C)(C)SC(SC(C)(C)C)(c1ccc2c(c1)CC2)c1ccc2c(c1)CC2. The van der Waals surface area contributed by atoms with Gasteiger partial charge in [0.25, 0.3) is 0 Å². The summed E-state index contributed by atoms with van der Waals surface area (Å²) in [5.41, 5.74) is 9.16. The van der Waals surface area contributed by atoms with Crippen molar-refractivity contribution in [1.29, 1.82) is 0 Å². The van der Waals surface area contributed by atoms with Crippen LogP contribution in [0.15, 0.2) is 36.4 Å². The van der Waals surface area contributed by atoms with Crippen LogP contribution in [-0.4, -0.2) is 9.49 Å². The molecular weight excluding hydrogens is 364 g/mol. The van der Waals surface area contributed by atoms with Crippen molar-refractivity contribution in [2.45, 2.75) is 80.8 Å². The van der Waals surface area contributed by atoms with E-state index in [0.29, 0.717) is 0 Å². The first kappa shape index (κ1) is 19.5. The molecule has 0 atom stereocenters. The molecule has 0 aromatic heterocycles. The summed E-state index contributed by atoms with van der Waals surface area (Å²) in [6, 6.07) is 14.6. The van der Waals surface area contributed by atoms with Gasteiger partial charge in [-0.2, -0.15) is 0 Å². The van der Waals surface area contributed by atoms with Crippen LogP contribution in [-0.2, 0) is 29.8 Å². The molecular formula is C25H32S2. The van der Waals surface area contributed by atoms with Crippen LogP contribution in [0.3, 0.4) is 0 Å². The normalized spacial score (nSPS) is 16.2. The summed E-state index contributed by atoms with van der Waals surface area (Å²) in [7, 11) is 0. The van der Waals surface area contributed by atoms with Gasteiger partial charge in [0, 0.05) is 9.49 Å². The Kier molecular flexibility index (Phi) is 4.75. The number of thioether (sulfide) groups is 2. The summed E-state index contributed by atoms with van der Waals surface area (Å²) in [6.07, 6.45) is 4.98. The van der Waals surface area contributed by atoms with E-state index in [1.165, 1.54) is 36.8 Å². The van der Waals surface area contributed by atoms with Crippen molar-refractivity contribution in [1.82, 2.24) is 0 Å². The van der Waals surface area contributed by atoms with Gasteiger partial charge in [0.15, 0.2) is 0 Å². The summed E-state index contributed by atoms with van der Waals surface area (Å²) in [6.45, 7) is 14.2. The quantitative estimate of drug-likeness (QED) is 0.503. The van der Waals surface area contributed by atoms with E-state index in [-0.39, 0.29) is 13.6 Å². The van der Waals surface area contributed by atoms with E-state index < -0.39 is 0 Å². The predicted molar refractivity (Wildman–Crippen MR) is 123 cm³/mol. The fourth-order valence-electron chi connectivity index (χ4n) is 4.09. The van der Waals surface area contributed by atoms with E-state index in [0.717, 1.165) is 0 Å². The van der Waals surface area contributed by atoms with E-state index in [9.17, 15) is 0 Å². The third kappa shape index (κ3) is 3.85. The van der Waals surface area contributed by atoms with Gasteiger partial charge in [-0.15, -0.1) is 23.5 Å². The Morgan fingerprint density at radius 1 is 0.556 bits per heavy atom. The molecule has 0 amide bonds. The maximum absolute atomic E-state index is 2.51. The lowest BCUT2D eigenvalue weighted by molar-refractivity contribution is 0.770. The average molecular weight is 397 g/mol. The maximum atomic E-state index is 2.51. The van der Waals surface area contributed by atoms with Crippen LogP contribution < -0.4 is 0 Å². The van der Waals surface area contributed by atoms with Crippen LogP contribution in [0.4, 0.5) is 0 Å². The molecule has 0 spiro atoms. The molecule has 4 rings (SSSR count). The van der Waals surface area contributed by atoms with E-state index in [4.69, 9.17) is 0 Å². The van der Waals surface area contributed by atoms with Crippen molar-refractivity contribution in [3.8, 4) is 0 Å². The topological polar surface area (TPSA) is 0 Å². The van der Waals surface area contributed by atoms with Gasteiger partial charge in [0.05, 0.1) is 0 Å². The first-order valence-electron chi connectivity index (χ1n) is 10.2. The number of rotatable bonds is 4. The Labute approximate surface area is 173 Å². The summed E-state index contributed by atoms with van der Waals surface area (Å²) >= 11 is 4.25. The molecule has 0 unspecified atom stereocenters. The van der Waals surface area contributed by atoms with Crippen LogP contribution in [0.25, 0.3) is 0 Å². The van der Waals surface area contributed by atoms with Gasteiger partial charge in [0.2, 0.25) is 0 Å². The first-order valence-corrected chi connectivity index (χ1v) is 11.8. The van der Waals surface area contributed by atoms with E-state index >= 15 is 0 Å². The number of hydrogen-bond donors (Lipinski definition) is 0. The van der Waals surface area contributed by atoms with Gasteiger partial charge in [-0.25, -0.2) is 0 Å². The number of benzene rings is 2. The molecule has 27 heavy (non-hydrogen) atoms. The molecule has 2 aromatic rings. The molecule has 0 aliphatic heterocycles. The van der Waals surface area contributed by atoms with Crippen molar-refractivity contribution in [2.24, 2.45) is 0 Å². The average Bonchev–Trinajstić information content (AvgIpc) is 2.46. The second-order valence-corrected chi connectivity index (χ2v) is 14.4. The molecule has 2 aliphatic rings. The van der Waals surface area contributed by atoms with Crippen LogP contribution in [0, 0.1) is 0 Å². The van der Waals surface area contributed by atoms with Crippen LogP contribution in [0.1, 0.15) is 74.9 Å². The zero-order chi connectivity index (χ0) is 19.4. The number of fused-ring (bicyclic) bond motifs is 2. The predicted octanol–water partition coefficient (Wildman–Crippen LogP) is 7.15. The lowest BCUT2D eigenvalue weighted by atomic mass is 9.84. The van der Waals surface area contributed by atoms with Crippen molar-refractivity contribution in [3.05, 3.63) is 69.8 Å². The molecule has 0 N–H and O–H groups in total. The largest absolute Gasteiger partial charge is 0.129 e. The minimum Gasteiger partial charge on any atom is -0.129 e. The third-order valence-corrected chi connectivity index (χ3v) is 8.64. The van der Waals surface area contributed by atoms with Gasteiger partial charge in [-0.1, -0.05) is 77.9 Å². The van der Waals surface area contributed by atoms with E-state index in [2.05, 4.69) is 101 Å². The Morgan fingerprint density at radius 2 is 0.926 bits per heavy atom. The summed E-state index contributed by atoms with van der Waals surface area (Å²) in [5, 5.41) is 0. The smallest absolute Gasteiger partial charge is 0.112 e. The summed E-state index contributed by atoms with van der Waals surface area (Å²) in [5.74, 6) is 0. The van der Waals surface area contributed by atoms with Crippen molar-refractivity contribution in [3.63, 3.8) is 0 Å². The number of hydrogen-bond acceptors (Lipinski definition) is 2. The van der Waals surface area contributed by atoms with Crippen LogP contribution in [0.2, 0.25) is 0 Å². The Hall–Kier alpha value is -0.860. The monoisotopic (exact) mass is 396 g/mol. The first-order chi connectivity index (χ1) is 12.6. The second kappa shape index (κ2) is 6.59. The molecule has 2 aliphatic carbocycles. The third-order valence-electron chi connectivity index (χ3n) is 5.40. The Morgan fingerprint density at radius 3 is 1.19 bits per heavy atom. The highest BCUT2D eigenvalue weighted by molar-refractivity contribution is 8.19. The van der Waals surface area contributed by atoms with Gasteiger partial charge < -0.3 is 0 Å². The molecule has 0 saturated heterocycles. The van der Waals surface area contributed by atoms with Crippen molar-refractivity contribution in [2.75, 3.05) is 0 Å². The molecule has 2 heteroatoms. The minimum absolute atomic E-state index is 0.0776. The van der Waals surface area contributed by atoms with E-state index in [1.54, 1.807) is 22.3 Å². The van der Waals surface area contributed by atoms with Crippen molar-refractivity contribution >= 4 is 23.5 Å². The van der Waals surface area contributed by atoms with Gasteiger partial charge in [0.1, 0.15) is 4.08 Å². The van der Waals surface area contributed by atoms with E-state index in [1.807, 2.05) is 0 Å². The summed E-state index contributed by atoms with van der Waals surface area (Å²) in [4.78, 5) is 0. The van der Waals surface area contributed by atoms with Crippen molar-refractivity contribution < 1.29 is 0 Å². The highest BCUT2D eigenvalue weighted by Crippen LogP contribution is 2.60. The molecule has 0 saturated carbocycles. The molecule has 144 valence electrons. The van der Waals surface area contributed by atoms with Gasteiger partial charge in [-0.3, -0.25) is 0 Å². The molecule has 0 nitrogen and oxygen atoms in total. The van der Waals surface area contributed by atoms with Crippen LogP contribution in [0.5, 0.6) is 0 Å². The van der Waals surface area contributed by atoms with Gasteiger partial charge in [-0.05, 0) is 59.1 Å². The molecule has 0 bridgehead atoms. The molecule has 0 fully saturated rings. The fraction of sp³-hybridized carbons (Fsp3) is 0.520. The fourth-order valence-corrected chi connectivity index (χ4v) is 8.46. The number of aryl methyl sites for hydroxylation is 4. The lowest BCUT2D eigenvalue weighted by Gasteiger charge is -2.44. The lowest BCUT2D eigenvalue weighted by Crippen LogP contribution is -2.32. The maximum Gasteiger partial charge on any atom is 0.112 e. The van der Waals surface area contributed by atoms with Gasteiger partial charge >= 0.3 is 0 Å². The zero-order valence-electron chi connectivity index (χ0n) is 17.6. The summed E-state index contributed by atoms with van der Waals surface area (Å²) < 4.78 is 0.264. The van der Waals surface area contributed by atoms with Crippen LogP contribution >= 0.6 is 23.5 Å². The Bertz CT molecular complexity index is 791. The molecule has 0 heterocycles.